The van der Waals surface area contributed by atoms with Gasteiger partial charge in [0.05, 0.1) is 0 Å². The largest absolute Gasteiger partial charge is 0.349 e. The molecule has 6 heteroatoms. The second kappa shape index (κ2) is 7.13. The number of benzene rings is 1. The van der Waals surface area contributed by atoms with Crippen molar-refractivity contribution in [3.63, 3.8) is 0 Å². The zero-order valence-electron chi connectivity index (χ0n) is 14.2. The molecule has 128 valence electrons. The molecule has 0 bridgehead atoms. The molecule has 1 atom stereocenters. The fourth-order valence-corrected chi connectivity index (χ4v) is 3.20. The molecule has 1 aliphatic rings. The van der Waals surface area contributed by atoms with Crippen molar-refractivity contribution >= 4 is 5.82 Å². The number of aryl methyl sites for hydroxylation is 1. The van der Waals surface area contributed by atoms with Gasteiger partial charge in [-0.25, -0.2) is 9.37 Å². The Kier molecular flexibility index (Phi) is 4.94. The predicted octanol–water partition coefficient (Wildman–Crippen LogP) is 2.29. The Morgan fingerprint density at radius 2 is 2.00 bits per heavy atom. The first-order valence-corrected chi connectivity index (χ1v) is 8.40. The summed E-state index contributed by atoms with van der Waals surface area (Å²) in [7, 11) is 0. The molecule has 0 unspecified atom stereocenters. The lowest BCUT2D eigenvalue weighted by Crippen LogP contribution is -2.49. The van der Waals surface area contributed by atoms with E-state index in [1.165, 1.54) is 6.07 Å². The van der Waals surface area contributed by atoms with Gasteiger partial charge < -0.3 is 9.47 Å². The van der Waals surface area contributed by atoms with Crippen LogP contribution in [-0.2, 0) is 6.54 Å². The van der Waals surface area contributed by atoms with Crippen LogP contribution >= 0.6 is 0 Å². The highest BCUT2D eigenvalue weighted by atomic mass is 19.1. The Balaban J connectivity index is 1.69. The van der Waals surface area contributed by atoms with E-state index in [1.54, 1.807) is 29.1 Å². The number of hydrogen-bond donors (Lipinski definition) is 0. The van der Waals surface area contributed by atoms with Gasteiger partial charge in [-0.3, -0.25) is 9.69 Å². The average molecular weight is 330 g/mol. The first-order valence-electron chi connectivity index (χ1n) is 8.40. The topological polar surface area (TPSA) is 41.4 Å². The van der Waals surface area contributed by atoms with Crippen molar-refractivity contribution in [1.82, 2.24) is 14.5 Å². The summed E-state index contributed by atoms with van der Waals surface area (Å²) in [6.07, 6.45) is 3.40. The summed E-state index contributed by atoms with van der Waals surface area (Å²) in [5, 5.41) is 0. The molecule has 1 saturated heterocycles. The minimum absolute atomic E-state index is 0.0355. The van der Waals surface area contributed by atoms with Crippen LogP contribution in [0, 0.1) is 5.82 Å². The lowest BCUT2D eigenvalue weighted by Gasteiger charge is -2.38. The van der Waals surface area contributed by atoms with E-state index in [1.807, 2.05) is 17.9 Å². The summed E-state index contributed by atoms with van der Waals surface area (Å²) in [4.78, 5) is 21.0. The number of halogens is 1. The highest BCUT2D eigenvalue weighted by Crippen LogP contribution is 2.22. The number of rotatable bonds is 4. The van der Waals surface area contributed by atoms with Crippen molar-refractivity contribution in [2.45, 2.75) is 26.4 Å². The van der Waals surface area contributed by atoms with Crippen molar-refractivity contribution in [2.75, 3.05) is 31.1 Å². The number of nitrogens with zero attached hydrogens (tertiary/aromatic N) is 4. The highest BCUT2D eigenvalue weighted by molar-refractivity contribution is 5.36. The molecule has 0 radical (unpaired) electrons. The third-order valence-corrected chi connectivity index (χ3v) is 4.73. The van der Waals surface area contributed by atoms with Crippen LogP contribution in [0.2, 0.25) is 0 Å². The van der Waals surface area contributed by atoms with Gasteiger partial charge in [-0.2, -0.15) is 0 Å². The maximum absolute atomic E-state index is 13.4. The average Bonchev–Trinajstić information content (AvgIpc) is 2.61. The van der Waals surface area contributed by atoms with Crippen molar-refractivity contribution in [3.8, 4) is 0 Å². The Morgan fingerprint density at radius 1 is 1.25 bits per heavy atom. The Morgan fingerprint density at radius 3 is 2.67 bits per heavy atom. The summed E-state index contributed by atoms with van der Waals surface area (Å²) < 4.78 is 15.1. The van der Waals surface area contributed by atoms with Crippen molar-refractivity contribution in [1.29, 1.82) is 0 Å². The first-order chi connectivity index (χ1) is 11.6. The van der Waals surface area contributed by atoms with E-state index in [4.69, 9.17) is 0 Å². The number of anilines is 1. The van der Waals surface area contributed by atoms with E-state index < -0.39 is 0 Å². The molecule has 1 aromatic heterocycles. The van der Waals surface area contributed by atoms with E-state index >= 15 is 0 Å². The fraction of sp³-hybridized carbons (Fsp3) is 0.444. The van der Waals surface area contributed by atoms with E-state index in [2.05, 4.69) is 16.8 Å². The van der Waals surface area contributed by atoms with Gasteiger partial charge in [-0.05, 0) is 31.5 Å². The summed E-state index contributed by atoms with van der Waals surface area (Å²) in [6.45, 7) is 7.81. The Hall–Kier alpha value is -2.21. The summed E-state index contributed by atoms with van der Waals surface area (Å²) >= 11 is 0. The highest BCUT2D eigenvalue weighted by Gasteiger charge is 2.24. The number of hydrogen-bond acceptors (Lipinski definition) is 4. The van der Waals surface area contributed by atoms with Gasteiger partial charge in [0.15, 0.2) is 5.82 Å². The fourth-order valence-electron chi connectivity index (χ4n) is 3.20. The molecule has 2 aromatic rings. The molecular formula is C18H23FN4O. The number of piperazine rings is 1. The van der Waals surface area contributed by atoms with Gasteiger partial charge in [0.2, 0.25) is 0 Å². The molecular weight excluding hydrogens is 307 g/mol. The molecule has 0 N–H and O–H groups in total. The van der Waals surface area contributed by atoms with Gasteiger partial charge in [0, 0.05) is 51.2 Å². The van der Waals surface area contributed by atoms with Gasteiger partial charge >= 0.3 is 0 Å². The molecule has 1 aliphatic heterocycles. The molecule has 5 nitrogen and oxygen atoms in total. The standard InChI is InChI=1S/C18H23FN4O/c1-3-21-8-7-20-17(18(21)24)23-11-9-22(10-12-23)14(2)15-5-4-6-16(19)13-15/h4-8,13-14H,3,9-12H2,1-2H3/t14-/m1/s1. The summed E-state index contributed by atoms with van der Waals surface area (Å²) in [5.74, 6) is 0.323. The molecule has 1 fully saturated rings. The van der Waals surface area contributed by atoms with Crippen LogP contribution in [-0.4, -0.2) is 40.6 Å². The van der Waals surface area contributed by atoms with Crippen LogP contribution in [0.1, 0.15) is 25.5 Å². The van der Waals surface area contributed by atoms with Gasteiger partial charge in [0.25, 0.3) is 5.56 Å². The summed E-state index contributed by atoms with van der Waals surface area (Å²) in [5.41, 5.74) is 0.946. The molecule has 24 heavy (non-hydrogen) atoms. The lowest BCUT2D eigenvalue weighted by molar-refractivity contribution is 0.197. The SMILES string of the molecule is CCn1ccnc(N2CCN([C@H](C)c3cccc(F)c3)CC2)c1=O. The lowest BCUT2D eigenvalue weighted by atomic mass is 10.1. The normalized spacial score (nSPS) is 17.0. The van der Waals surface area contributed by atoms with Crippen molar-refractivity contribution in [2.24, 2.45) is 0 Å². The van der Waals surface area contributed by atoms with Crippen molar-refractivity contribution in [3.05, 3.63) is 58.4 Å². The zero-order chi connectivity index (χ0) is 17.1. The molecule has 2 heterocycles. The summed E-state index contributed by atoms with van der Waals surface area (Å²) in [6, 6.07) is 6.92. The molecule has 0 saturated carbocycles. The quantitative estimate of drug-likeness (QED) is 0.862. The van der Waals surface area contributed by atoms with Crippen LogP contribution in [0.3, 0.4) is 0 Å². The Labute approximate surface area is 141 Å². The third-order valence-electron chi connectivity index (χ3n) is 4.73. The van der Waals surface area contributed by atoms with Crippen LogP contribution < -0.4 is 10.5 Å². The number of aromatic nitrogens is 2. The van der Waals surface area contributed by atoms with E-state index in [9.17, 15) is 9.18 Å². The minimum atomic E-state index is -0.202. The van der Waals surface area contributed by atoms with Crippen LogP contribution in [0.15, 0.2) is 41.5 Å². The molecule has 0 aliphatic carbocycles. The van der Waals surface area contributed by atoms with E-state index in [0.717, 1.165) is 31.7 Å². The van der Waals surface area contributed by atoms with Crippen molar-refractivity contribution < 1.29 is 4.39 Å². The van der Waals surface area contributed by atoms with Gasteiger partial charge in [0.1, 0.15) is 5.82 Å². The van der Waals surface area contributed by atoms with Gasteiger partial charge in [-0.15, -0.1) is 0 Å². The van der Waals surface area contributed by atoms with Crippen LogP contribution in [0.4, 0.5) is 10.2 Å². The molecule has 1 aromatic carbocycles. The molecule has 0 spiro atoms. The maximum atomic E-state index is 13.4. The third kappa shape index (κ3) is 3.33. The van der Waals surface area contributed by atoms with Gasteiger partial charge in [-0.1, -0.05) is 12.1 Å². The van der Waals surface area contributed by atoms with Crippen LogP contribution in [0.5, 0.6) is 0 Å². The predicted molar refractivity (Wildman–Crippen MR) is 92.8 cm³/mol. The Bertz CT molecular complexity index is 753. The van der Waals surface area contributed by atoms with Crippen LogP contribution in [0.25, 0.3) is 0 Å². The molecule has 3 rings (SSSR count). The zero-order valence-corrected chi connectivity index (χ0v) is 14.2. The maximum Gasteiger partial charge on any atom is 0.293 e. The smallest absolute Gasteiger partial charge is 0.293 e. The van der Waals surface area contributed by atoms with E-state index in [-0.39, 0.29) is 17.4 Å². The molecule has 0 amide bonds. The first kappa shape index (κ1) is 16.6. The second-order valence-corrected chi connectivity index (χ2v) is 6.10. The minimum Gasteiger partial charge on any atom is -0.349 e. The monoisotopic (exact) mass is 330 g/mol. The second-order valence-electron chi connectivity index (χ2n) is 6.10. The van der Waals surface area contributed by atoms with E-state index in [0.29, 0.717) is 12.4 Å².